The normalized spacial score (nSPS) is 12.0. The first kappa shape index (κ1) is 19.0. The molecule has 1 atom stereocenters. The van der Waals surface area contributed by atoms with Crippen molar-refractivity contribution in [3.63, 3.8) is 0 Å². The molecule has 1 heterocycles. The van der Waals surface area contributed by atoms with Gasteiger partial charge in [-0.15, -0.1) is 0 Å². The van der Waals surface area contributed by atoms with Gasteiger partial charge in [-0.2, -0.15) is 0 Å². The molecule has 5 nitrogen and oxygen atoms in total. The zero-order valence-electron chi connectivity index (χ0n) is 15.1. The average molecular weight is 386 g/mol. The largest absolute Gasteiger partial charge is 0.464 e. The van der Waals surface area contributed by atoms with Crippen molar-refractivity contribution >= 4 is 34.2 Å². The van der Waals surface area contributed by atoms with Crippen molar-refractivity contribution in [2.24, 2.45) is 0 Å². The van der Waals surface area contributed by atoms with Gasteiger partial charge in [0.05, 0.1) is 12.3 Å². The fourth-order valence-electron chi connectivity index (χ4n) is 2.89. The van der Waals surface area contributed by atoms with Gasteiger partial charge in [-0.3, -0.25) is 0 Å². The lowest BCUT2D eigenvalue weighted by molar-refractivity contribution is -0.144. The maximum Gasteiger partial charge on any atom is 0.357 e. The number of carbonyl (C=O) groups excluding carboxylic acids is 1. The molecular weight excluding hydrogens is 366 g/mol. The summed E-state index contributed by atoms with van der Waals surface area (Å²) >= 11 is 6.23. The molecule has 0 radical (unpaired) electrons. The molecule has 6 heteroatoms. The lowest BCUT2D eigenvalue weighted by Gasteiger charge is -2.20. The van der Waals surface area contributed by atoms with E-state index in [2.05, 4.69) is 5.32 Å². The van der Waals surface area contributed by atoms with Crippen molar-refractivity contribution in [1.29, 1.82) is 0 Å². The molecule has 3 aromatic rings. The van der Waals surface area contributed by atoms with Gasteiger partial charge in [0.1, 0.15) is 16.6 Å². The number of carbonyl (C=O) groups is 1. The van der Waals surface area contributed by atoms with E-state index in [-0.39, 0.29) is 11.6 Å². The van der Waals surface area contributed by atoms with E-state index in [1.165, 1.54) is 0 Å². The number of nitrogens with one attached hydrogen (secondary N) is 1. The zero-order chi connectivity index (χ0) is 19.4. The Morgan fingerprint density at radius 3 is 2.67 bits per heavy atom. The highest BCUT2D eigenvalue weighted by atomic mass is 35.5. The molecule has 0 fully saturated rings. The van der Waals surface area contributed by atoms with E-state index in [1.807, 2.05) is 49.4 Å². The van der Waals surface area contributed by atoms with E-state index in [4.69, 9.17) is 20.8 Å². The van der Waals surface area contributed by atoms with Crippen LogP contribution in [0.25, 0.3) is 11.0 Å². The topological polar surface area (TPSA) is 68.5 Å². The third-order valence-electron chi connectivity index (χ3n) is 4.18. The summed E-state index contributed by atoms with van der Waals surface area (Å²) in [5, 5.41) is 3.68. The Balaban J connectivity index is 2.04. The Kier molecular flexibility index (Phi) is 5.81. The second-order valence-electron chi connectivity index (χ2n) is 6.22. The van der Waals surface area contributed by atoms with Crippen LogP contribution in [-0.2, 0) is 16.0 Å². The van der Waals surface area contributed by atoms with Crippen molar-refractivity contribution in [2.75, 3.05) is 11.9 Å². The van der Waals surface area contributed by atoms with Crippen molar-refractivity contribution < 1.29 is 13.9 Å². The first-order chi connectivity index (χ1) is 13.0. The van der Waals surface area contributed by atoms with Crippen LogP contribution in [0, 0.1) is 6.92 Å². The summed E-state index contributed by atoms with van der Waals surface area (Å²) in [7, 11) is 0. The number of anilines is 1. The Labute approximate surface area is 161 Å². The summed E-state index contributed by atoms with van der Waals surface area (Å²) in [4.78, 5) is 24.6. The van der Waals surface area contributed by atoms with Gasteiger partial charge in [0.15, 0.2) is 0 Å². The van der Waals surface area contributed by atoms with Crippen LogP contribution in [-0.4, -0.2) is 18.6 Å². The van der Waals surface area contributed by atoms with E-state index < -0.39 is 17.6 Å². The van der Waals surface area contributed by atoms with E-state index in [0.717, 1.165) is 11.1 Å². The quantitative estimate of drug-likeness (QED) is 0.505. The molecule has 0 aliphatic heterocycles. The van der Waals surface area contributed by atoms with Gasteiger partial charge >= 0.3 is 11.6 Å². The number of benzene rings is 2. The molecule has 2 aromatic carbocycles. The Morgan fingerprint density at radius 2 is 1.96 bits per heavy atom. The molecule has 1 aromatic heterocycles. The molecular formula is C21H20ClNO4. The van der Waals surface area contributed by atoms with Crippen molar-refractivity contribution in [1.82, 2.24) is 0 Å². The van der Waals surface area contributed by atoms with Gasteiger partial charge in [-0.25, -0.2) is 9.59 Å². The molecule has 27 heavy (non-hydrogen) atoms. The maximum atomic E-state index is 12.5. The third-order valence-corrected chi connectivity index (χ3v) is 4.52. The Bertz CT molecular complexity index is 1010. The number of esters is 1. The predicted molar refractivity (Wildman–Crippen MR) is 106 cm³/mol. The summed E-state index contributed by atoms with van der Waals surface area (Å²) < 4.78 is 10.5. The highest BCUT2D eigenvalue weighted by Gasteiger charge is 2.24. The summed E-state index contributed by atoms with van der Waals surface area (Å²) in [6.45, 7) is 3.94. The average Bonchev–Trinajstić information content (AvgIpc) is 2.66. The monoisotopic (exact) mass is 385 g/mol. The second kappa shape index (κ2) is 8.27. The molecule has 0 aliphatic rings. The van der Waals surface area contributed by atoms with Gasteiger partial charge in [0.2, 0.25) is 0 Å². The highest BCUT2D eigenvalue weighted by molar-refractivity contribution is 6.34. The molecule has 0 unspecified atom stereocenters. The SMILES string of the molecule is CCOC(=O)[C@H](Cc1ccccc1)Nc1c(Cl)c(=O)oc2ccc(C)cc12. The molecule has 0 saturated heterocycles. The van der Waals surface area contributed by atoms with E-state index in [1.54, 1.807) is 13.0 Å². The highest BCUT2D eigenvalue weighted by Crippen LogP contribution is 2.30. The summed E-state index contributed by atoms with van der Waals surface area (Å²) in [6.07, 6.45) is 0.392. The molecule has 3 rings (SSSR count). The molecule has 0 saturated carbocycles. The number of fused-ring (bicyclic) bond motifs is 1. The lowest BCUT2D eigenvalue weighted by Crippen LogP contribution is -2.34. The van der Waals surface area contributed by atoms with Crippen LogP contribution in [0.1, 0.15) is 18.1 Å². The molecule has 140 valence electrons. The predicted octanol–water partition coefficient (Wildman–Crippen LogP) is 4.34. The number of hydrogen-bond donors (Lipinski definition) is 1. The van der Waals surface area contributed by atoms with Gasteiger partial charge in [0.25, 0.3) is 0 Å². The standard InChI is InChI=1S/C21H20ClNO4/c1-3-26-20(24)16(12-14-7-5-4-6-8-14)23-19-15-11-13(2)9-10-17(15)27-21(25)18(19)22/h4-11,16,23H,3,12H2,1-2H3/t16-/m0/s1. The van der Waals surface area contributed by atoms with Crippen LogP contribution >= 0.6 is 11.6 Å². The van der Waals surface area contributed by atoms with Crippen molar-refractivity contribution in [2.45, 2.75) is 26.3 Å². The summed E-state index contributed by atoms with van der Waals surface area (Å²) in [6, 6.07) is 14.3. The van der Waals surface area contributed by atoms with Crippen LogP contribution in [0.15, 0.2) is 57.7 Å². The number of aryl methyl sites for hydroxylation is 1. The lowest BCUT2D eigenvalue weighted by atomic mass is 10.0. The molecule has 1 N–H and O–H groups in total. The number of rotatable bonds is 6. The molecule has 0 bridgehead atoms. The number of hydrogen-bond acceptors (Lipinski definition) is 5. The van der Waals surface area contributed by atoms with Gasteiger partial charge < -0.3 is 14.5 Å². The minimum absolute atomic E-state index is 0.0875. The van der Waals surface area contributed by atoms with Gasteiger partial charge in [-0.05, 0) is 31.5 Å². The molecule has 0 amide bonds. The summed E-state index contributed by atoms with van der Waals surface area (Å²) in [5.41, 5.74) is 2.06. The first-order valence-corrected chi connectivity index (χ1v) is 9.07. The van der Waals surface area contributed by atoms with E-state index in [9.17, 15) is 9.59 Å². The second-order valence-corrected chi connectivity index (χ2v) is 6.59. The minimum atomic E-state index is -0.699. The van der Waals surface area contributed by atoms with E-state index >= 15 is 0 Å². The number of ether oxygens (including phenoxy) is 1. The Hall–Kier alpha value is -2.79. The fraction of sp³-hybridized carbons (Fsp3) is 0.238. The first-order valence-electron chi connectivity index (χ1n) is 8.69. The van der Waals surface area contributed by atoms with Gasteiger partial charge in [-0.1, -0.05) is 53.6 Å². The van der Waals surface area contributed by atoms with Crippen LogP contribution in [0.4, 0.5) is 5.69 Å². The fourth-order valence-corrected chi connectivity index (χ4v) is 3.09. The summed E-state index contributed by atoms with van der Waals surface area (Å²) in [5.74, 6) is -0.411. The minimum Gasteiger partial charge on any atom is -0.464 e. The van der Waals surface area contributed by atoms with Crippen LogP contribution in [0.5, 0.6) is 0 Å². The van der Waals surface area contributed by atoms with Crippen LogP contribution < -0.4 is 10.9 Å². The zero-order valence-corrected chi connectivity index (χ0v) is 15.9. The van der Waals surface area contributed by atoms with Crippen LogP contribution in [0.3, 0.4) is 0 Å². The molecule has 0 spiro atoms. The number of halogens is 1. The molecule has 0 aliphatic carbocycles. The maximum absolute atomic E-state index is 12.5. The van der Waals surface area contributed by atoms with Gasteiger partial charge in [0, 0.05) is 11.8 Å². The van der Waals surface area contributed by atoms with Crippen LogP contribution in [0.2, 0.25) is 5.02 Å². The Morgan fingerprint density at radius 1 is 1.22 bits per heavy atom. The van der Waals surface area contributed by atoms with E-state index in [0.29, 0.717) is 23.1 Å². The van der Waals surface area contributed by atoms with Crippen molar-refractivity contribution in [3.8, 4) is 0 Å². The smallest absolute Gasteiger partial charge is 0.357 e. The van der Waals surface area contributed by atoms with Crippen molar-refractivity contribution in [3.05, 3.63) is 75.1 Å². The third kappa shape index (κ3) is 4.31.